The summed E-state index contributed by atoms with van der Waals surface area (Å²) in [4.78, 5) is 37.3. The maximum Gasteiger partial charge on any atom is 0.274 e. The highest BCUT2D eigenvalue weighted by atomic mass is 16.2. The molecule has 1 aliphatic carbocycles. The van der Waals surface area contributed by atoms with E-state index < -0.39 is 0 Å². The second kappa shape index (κ2) is 8.09. The molecule has 0 atom stereocenters. The normalized spacial score (nSPS) is 17.0. The van der Waals surface area contributed by atoms with Crippen LogP contribution >= 0.6 is 0 Å². The number of carbonyl (C=O) groups is 1. The molecule has 0 bridgehead atoms. The minimum absolute atomic E-state index is 0.0356. The number of amides is 1. The van der Waals surface area contributed by atoms with Crippen LogP contribution in [0.2, 0.25) is 0 Å². The molecular formula is C23H27N7O. The summed E-state index contributed by atoms with van der Waals surface area (Å²) in [5.74, 6) is 1.87. The van der Waals surface area contributed by atoms with E-state index in [1.807, 2.05) is 48.2 Å². The van der Waals surface area contributed by atoms with E-state index in [1.54, 1.807) is 12.5 Å². The Balaban J connectivity index is 1.29. The molecule has 0 unspecified atom stereocenters. The third-order valence-corrected chi connectivity index (χ3v) is 6.11. The number of benzene rings is 1. The molecule has 160 valence electrons. The van der Waals surface area contributed by atoms with Gasteiger partial charge in [0.05, 0.1) is 17.2 Å². The Kier molecular flexibility index (Phi) is 5.13. The second-order valence-corrected chi connectivity index (χ2v) is 8.53. The minimum atomic E-state index is -0.0356. The molecule has 3 heterocycles. The Morgan fingerprint density at radius 2 is 1.61 bits per heavy atom. The summed E-state index contributed by atoms with van der Waals surface area (Å²) in [6.45, 7) is 1.43. The number of hydrogen-bond acceptors (Lipinski definition) is 7. The van der Waals surface area contributed by atoms with Crippen LogP contribution in [0.4, 0.5) is 11.6 Å². The predicted octanol–water partition coefficient (Wildman–Crippen LogP) is 2.76. The highest BCUT2D eigenvalue weighted by molar-refractivity contribution is 5.93. The first kappa shape index (κ1) is 19.7. The highest BCUT2D eigenvalue weighted by Crippen LogP contribution is 2.36. The summed E-state index contributed by atoms with van der Waals surface area (Å²) in [6, 6.07) is 10.6. The molecule has 8 nitrogen and oxygen atoms in total. The van der Waals surface area contributed by atoms with Crippen LogP contribution < -0.4 is 9.80 Å². The van der Waals surface area contributed by atoms with E-state index in [9.17, 15) is 4.79 Å². The number of aromatic nitrogens is 4. The Morgan fingerprint density at radius 3 is 2.32 bits per heavy atom. The van der Waals surface area contributed by atoms with Crippen LogP contribution in [0.15, 0.2) is 42.9 Å². The molecule has 0 N–H and O–H groups in total. The van der Waals surface area contributed by atoms with Gasteiger partial charge in [0.1, 0.15) is 23.7 Å². The van der Waals surface area contributed by atoms with Gasteiger partial charge in [-0.05, 0) is 37.8 Å². The second-order valence-electron chi connectivity index (χ2n) is 8.53. The molecule has 1 saturated heterocycles. The molecular weight excluding hydrogens is 390 g/mol. The van der Waals surface area contributed by atoms with Gasteiger partial charge in [-0.1, -0.05) is 12.1 Å². The lowest BCUT2D eigenvalue weighted by atomic mass is 10.0. The summed E-state index contributed by atoms with van der Waals surface area (Å²) in [5.41, 5.74) is 1.98. The number of likely N-dealkylation sites (tertiary alicyclic amines) is 1. The number of rotatable bonds is 5. The van der Waals surface area contributed by atoms with Crippen molar-refractivity contribution < 1.29 is 4.79 Å². The number of carbonyl (C=O) groups excluding carboxylic acids is 1. The third-order valence-electron chi connectivity index (χ3n) is 6.11. The van der Waals surface area contributed by atoms with Gasteiger partial charge in [-0.15, -0.1) is 0 Å². The van der Waals surface area contributed by atoms with Crippen LogP contribution in [0.5, 0.6) is 0 Å². The maximum atomic E-state index is 13.0. The van der Waals surface area contributed by atoms with Crippen LogP contribution in [0.1, 0.15) is 36.2 Å². The molecule has 3 aromatic rings. The predicted molar refractivity (Wildman–Crippen MR) is 120 cm³/mol. The van der Waals surface area contributed by atoms with Gasteiger partial charge in [0.15, 0.2) is 0 Å². The van der Waals surface area contributed by atoms with Crippen LogP contribution in [0.3, 0.4) is 0 Å². The van der Waals surface area contributed by atoms with Crippen molar-refractivity contribution in [2.75, 3.05) is 37.0 Å². The van der Waals surface area contributed by atoms with Crippen LogP contribution in [0.25, 0.3) is 11.0 Å². The monoisotopic (exact) mass is 417 g/mol. The van der Waals surface area contributed by atoms with Gasteiger partial charge in [0, 0.05) is 45.3 Å². The van der Waals surface area contributed by atoms with Crippen molar-refractivity contribution in [3.63, 3.8) is 0 Å². The molecule has 31 heavy (non-hydrogen) atoms. The maximum absolute atomic E-state index is 13.0. The zero-order valence-corrected chi connectivity index (χ0v) is 18.0. The van der Waals surface area contributed by atoms with Crippen LogP contribution in [0, 0.1) is 0 Å². The van der Waals surface area contributed by atoms with Crippen molar-refractivity contribution in [2.45, 2.75) is 37.8 Å². The molecule has 1 amide bonds. The summed E-state index contributed by atoms with van der Waals surface area (Å²) in [7, 11) is 3.99. The van der Waals surface area contributed by atoms with Gasteiger partial charge in [0.2, 0.25) is 0 Å². The third kappa shape index (κ3) is 4.02. The van der Waals surface area contributed by atoms with Gasteiger partial charge >= 0.3 is 0 Å². The number of fused-ring (bicyclic) bond motifs is 1. The van der Waals surface area contributed by atoms with E-state index in [0.717, 1.165) is 35.5 Å². The molecule has 0 radical (unpaired) electrons. The molecule has 1 saturated carbocycles. The average Bonchev–Trinajstić information content (AvgIpc) is 3.64. The lowest BCUT2D eigenvalue weighted by molar-refractivity contribution is 0.0706. The number of piperidine rings is 1. The molecule has 5 rings (SSSR count). The van der Waals surface area contributed by atoms with E-state index in [1.165, 1.54) is 12.8 Å². The van der Waals surface area contributed by atoms with Crippen molar-refractivity contribution in [1.29, 1.82) is 0 Å². The first-order chi connectivity index (χ1) is 15.1. The molecule has 8 heteroatoms. The van der Waals surface area contributed by atoms with E-state index >= 15 is 0 Å². The lowest BCUT2D eigenvalue weighted by Gasteiger charge is -2.39. The van der Waals surface area contributed by atoms with Crippen molar-refractivity contribution in [1.82, 2.24) is 24.8 Å². The summed E-state index contributed by atoms with van der Waals surface area (Å²) in [6.07, 6.45) is 7.49. The van der Waals surface area contributed by atoms with Crippen molar-refractivity contribution in [3.05, 3.63) is 48.5 Å². The Hall–Kier alpha value is -3.29. The molecule has 2 fully saturated rings. The summed E-state index contributed by atoms with van der Waals surface area (Å²) >= 11 is 0. The first-order valence-electron chi connectivity index (χ1n) is 10.9. The molecule has 1 aliphatic heterocycles. The largest absolute Gasteiger partial charge is 0.363 e. The van der Waals surface area contributed by atoms with E-state index in [4.69, 9.17) is 0 Å². The van der Waals surface area contributed by atoms with Gasteiger partial charge in [0.25, 0.3) is 5.91 Å². The van der Waals surface area contributed by atoms with Crippen LogP contribution in [-0.2, 0) is 0 Å². The number of para-hydroxylation sites is 2. The Labute approximate surface area is 181 Å². The fraction of sp³-hybridized carbons (Fsp3) is 0.435. The van der Waals surface area contributed by atoms with E-state index in [-0.39, 0.29) is 5.91 Å². The topological polar surface area (TPSA) is 78.4 Å². The number of nitrogens with zero attached hydrogens (tertiary/aromatic N) is 7. The summed E-state index contributed by atoms with van der Waals surface area (Å²) < 4.78 is 0. The zero-order valence-electron chi connectivity index (χ0n) is 18.0. The fourth-order valence-corrected chi connectivity index (χ4v) is 4.32. The average molecular weight is 418 g/mol. The van der Waals surface area contributed by atoms with Gasteiger partial charge in [-0.3, -0.25) is 9.78 Å². The molecule has 2 aromatic heterocycles. The smallest absolute Gasteiger partial charge is 0.274 e. The van der Waals surface area contributed by atoms with Gasteiger partial charge in [-0.2, -0.15) is 0 Å². The summed E-state index contributed by atoms with van der Waals surface area (Å²) in [5, 5.41) is 0. The van der Waals surface area contributed by atoms with Crippen molar-refractivity contribution >= 4 is 28.6 Å². The fourth-order valence-electron chi connectivity index (χ4n) is 4.32. The number of anilines is 2. The minimum Gasteiger partial charge on any atom is -0.363 e. The SMILES string of the molecule is CN(C)c1cc(N(C2CC2)C2CCN(C(=O)c3cnc4ccccc4n3)CC2)ncn1. The number of hydrogen-bond donors (Lipinski definition) is 0. The molecule has 1 aromatic carbocycles. The Bertz CT molecular complexity index is 1090. The van der Waals surface area contributed by atoms with Gasteiger partial charge < -0.3 is 14.7 Å². The molecule has 2 aliphatic rings. The zero-order chi connectivity index (χ0) is 21.4. The molecule has 0 spiro atoms. The van der Waals surface area contributed by atoms with E-state index in [0.29, 0.717) is 30.9 Å². The van der Waals surface area contributed by atoms with E-state index in [2.05, 4.69) is 30.9 Å². The van der Waals surface area contributed by atoms with Gasteiger partial charge in [-0.25, -0.2) is 15.0 Å². The van der Waals surface area contributed by atoms with Crippen LogP contribution in [-0.4, -0.2) is 70.0 Å². The standard InChI is InChI=1S/C23H27N7O/c1-28(2)21-13-22(26-15-25-21)30(16-7-8-16)17-9-11-29(12-10-17)23(31)20-14-24-18-5-3-4-6-19(18)27-20/h3-6,13-17H,7-12H2,1-2H3. The Morgan fingerprint density at radius 1 is 0.935 bits per heavy atom. The van der Waals surface area contributed by atoms with Crippen molar-refractivity contribution in [3.8, 4) is 0 Å². The highest BCUT2D eigenvalue weighted by Gasteiger charge is 2.37. The van der Waals surface area contributed by atoms with Crippen molar-refractivity contribution in [2.24, 2.45) is 0 Å². The first-order valence-corrected chi connectivity index (χ1v) is 10.9. The lowest BCUT2D eigenvalue weighted by Crippen LogP contribution is -2.48. The quantitative estimate of drug-likeness (QED) is 0.632.